The van der Waals surface area contributed by atoms with E-state index >= 15 is 0 Å². The zero-order chi connectivity index (χ0) is 19.0. The molecule has 0 saturated heterocycles. The number of aromatic nitrogens is 2. The maximum Gasteiger partial charge on any atom is 0.166 e. The minimum absolute atomic E-state index is 0.0126. The fourth-order valence-electron chi connectivity index (χ4n) is 3.62. The van der Waals surface area contributed by atoms with Crippen LogP contribution in [0.4, 0.5) is 4.39 Å². The number of ether oxygens (including phenoxy) is 2. The Morgan fingerprint density at radius 2 is 1.85 bits per heavy atom. The van der Waals surface area contributed by atoms with Gasteiger partial charge in [-0.1, -0.05) is 18.2 Å². The number of hydrogen-bond donors (Lipinski definition) is 0. The van der Waals surface area contributed by atoms with Gasteiger partial charge in [-0.3, -0.25) is 4.79 Å². The Balaban J connectivity index is 1.74. The topological polar surface area (TPSA) is 53.3 Å². The predicted molar refractivity (Wildman–Crippen MR) is 98.5 cm³/mol. The lowest BCUT2D eigenvalue weighted by Crippen LogP contribution is -2.20. The largest absolute Gasteiger partial charge is 0.493 e. The minimum Gasteiger partial charge on any atom is -0.493 e. The SMILES string of the molecule is COc1ccc(C2CC(=O)c3cnn(-c4ccccc4F)c3C2)cc1OC. The third kappa shape index (κ3) is 2.97. The van der Waals surface area contributed by atoms with E-state index in [-0.39, 0.29) is 17.5 Å². The maximum atomic E-state index is 14.2. The van der Waals surface area contributed by atoms with Crippen LogP contribution in [-0.4, -0.2) is 29.8 Å². The molecule has 27 heavy (non-hydrogen) atoms. The Morgan fingerprint density at radius 1 is 1.07 bits per heavy atom. The first-order chi connectivity index (χ1) is 13.1. The van der Waals surface area contributed by atoms with Crippen molar-refractivity contribution in [3.63, 3.8) is 0 Å². The van der Waals surface area contributed by atoms with Crippen LogP contribution in [0.15, 0.2) is 48.7 Å². The summed E-state index contributed by atoms with van der Waals surface area (Å²) in [7, 11) is 3.17. The van der Waals surface area contributed by atoms with E-state index in [1.165, 1.54) is 16.9 Å². The summed E-state index contributed by atoms with van der Waals surface area (Å²) in [6, 6.07) is 12.1. The fourth-order valence-corrected chi connectivity index (χ4v) is 3.62. The predicted octanol–water partition coefficient (Wildman–Crippen LogP) is 3.94. The second kappa shape index (κ2) is 6.87. The van der Waals surface area contributed by atoms with Crippen LogP contribution in [0.1, 0.15) is 34.0 Å². The van der Waals surface area contributed by atoms with Gasteiger partial charge in [-0.05, 0) is 42.2 Å². The van der Waals surface area contributed by atoms with Crippen LogP contribution in [0.2, 0.25) is 0 Å². The highest BCUT2D eigenvalue weighted by Crippen LogP contribution is 2.37. The quantitative estimate of drug-likeness (QED) is 0.702. The van der Waals surface area contributed by atoms with Gasteiger partial charge in [0.15, 0.2) is 17.3 Å². The van der Waals surface area contributed by atoms with Gasteiger partial charge in [0, 0.05) is 6.42 Å². The number of ketones is 1. The van der Waals surface area contributed by atoms with Gasteiger partial charge in [0.2, 0.25) is 0 Å². The first-order valence-corrected chi connectivity index (χ1v) is 8.69. The highest BCUT2D eigenvalue weighted by molar-refractivity contribution is 5.98. The Labute approximate surface area is 156 Å². The molecule has 0 amide bonds. The zero-order valence-corrected chi connectivity index (χ0v) is 15.1. The fraction of sp³-hybridized carbons (Fsp3) is 0.238. The molecule has 5 nitrogen and oxygen atoms in total. The molecule has 0 N–H and O–H groups in total. The number of benzene rings is 2. The van der Waals surface area contributed by atoms with Gasteiger partial charge >= 0.3 is 0 Å². The molecule has 0 bridgehead atoms. The van der Waals surface area contributed by atoms with Gasteiger partial charge in [0.1, 0.15) is 11.5 Å². The molecule has 1 heterocycles. The minimum atomic E-state index is -0.371. The van der Waals surface area contributed by atoms with E-state index in [0.29, 0.717) is 35.6 Å². The van der Waals surface area contributed by atoms with Gasteiger partial charge in [-0.15, -0.1) is 0 Å². The Bertz CT molecular complexity index is 1010. The van der Waals surface area contributed by atoms with Gasteiger partial charge in [-0.25, -0.2) is 9.07 Å². The summed E-state index contributed by atoms with van der Waals surface area (Å²) >= 11 is 0. The van der Waals surface area contributed by atoms with Crippen LogP contribution < -0.4 is 9.47 Å². The molecule has 0 radical (unpaired) electrons. The van der Waals surface area contributed by atoms with Gasteiger partial charge < -0.3 is 9.47 Å². The molecule has 0 aliphatic heterocycles. The van der Waals surface area contributed by atoms with E-state index in [2.05, 4.69) is 5.10 Å². The molecule has 4 rings (SSSR count). The number of carbonyl (C=O) groups is 1. The maximum absolute atomic E-state index is 14.2. The zero-order valence-electron chi connectivity index (χ0n) is 15.1. The molecule has 0 saturated carbocycles. The molecular weight excluding hydrogens is 347 g/mol. The number of carbonyl (C=O) groups excluding carboxylic acids is 1. The van der Waals surface area contributed by atoms with Crippen molar-refractivity contribution in [1.29, 1.82) is 0 Å². The van der Waals surface area contributed by atoms with Crippen LogP contribution in [0.3, 0.4) is 0 Å². The normalized spacial score (nSPS) is 16.1. The summed E-state index contributed by atoms with van der Waals surface area (Å²) in [5.74, 6) is 0.867. The Morgan fingerprint density at radius 3 is 2.59 bits per heavy atom. The number of halogens is 1. The summed E-state index contributed by atoms with van der Waals surface area (Å²) in [5, 5.41) is 4.28. The second-order valence-corrected chi connectivity index (χ2v) is 6.51. The summed E-state index contributed by atoms with van der Waals surface area (Å²) in [6.45, 7) is 0. The first-order valence-electron chi connectivity index (χ1n) is 8.69. The average molecular weight is 366 g/mol. The molecule has 1 aromatic heterocycles. The molecule has 1 aliphatic carbocycles. The first kappa shape index (κ1) is 17.3. The number of fused-ring (bicyclic) bond motifs is 1. The van der Waals surface area contributed by atoms with Crippen molar-refractivity contribution in [3.05, 3.63) is 71.3 Å². The molecule has 3 aromatic rings. The highest BCUT2D eigenvalue weighted by Gasteiger charge is 2.31. The summed E-state index contributed by atoms with van der Waals surface area (Å²) < 4.78 is 26.4. The van der Waals surface area contributed by atoms with E-state index in [1.54, 1.807) is 32.4 Å². The summed E-state index contributed by atoms with van der Waals surface area (Å²) in [5.41, 5.74) is 2.62. The van der Waals surface area contributed by atoms with Crippen molar-refractivity contribution < 1.29 is 18.7 Å². The van der Waals surface area contributed by atoms with Crippen molar-refractivity contribution in [3.8, 4) is 17.2 Å². The van der Waals surface area contributed by atoms with Gasteiger partial charge in [-0.2, -0.15) is 5.10 Å². The van der Waals surface area contributed by atoms with E-state index in [0.717, 1.165) is 11.3 Å². The van der Waals surface area contributed by atoms with Crippen LogP contribution in [0, 0.1) is 5.82 Å². The third-order valence-corrected chi connectivity index (χ3v) is 5.00. The summed E-state index contributed by atoms with van der Waals surface area (Å²) in [6.07, 6.45) is 2.51. The van der Waals surface area contributed by atoms with Crippen LogP contribution >= 0.6 is 0 Å². The molecule has 1 unspecified atom stereocenters. The standard InChI is InChI=1S/C21H19FN2O3/c1-26-20-8-7-13(11-21(20)27-2)14-9-18-15(19(25)10-14)12-23-24(18)17-6-4-3-5-16(17)22/h3-8,11-12,14H,9-10H2,1-2H3. The average Bonchev–Trinajstić information content (AvgIpc) is 3.12. The molecule has 138 valence electrons. The number of rotatable bonds is 4. The second-order valence-electron chi connectivity index (χ2n) is 6.51. The number of hydrogen-bond acceptors (Lipinski definition) is 4. The summed E-state index contributed by atoms with van der Waals surface area (Å²) in [4.78, 5) is 12.7. The molecule has 2 aromatic carbocycles. The van der Waals surface area contributed by atoms with Crippen molar-refractivity contribution in [2.24, 2.45) is 0 Å². The van der Waals surface area contributed by atoms with E-state index in [9.17, 15) is 9.18 Å². The number of methoxy groups -OCH3 is 2. The number of nitrogens with zero attached hydrogens (tertiary/aromatic N) is 2. The van der Waals surface area contributed by atoms with Crippen LogP contribution in [0.5, 0.6) is 11.5 Å². The van der Waals surface area contributed by atoms with Crippen molar-refractivity contribution in [2.75, 3.05) is 14.2 Å². The Hall–Kier alpha value is -3.15. The van der Waals surface area contributed by atoms with Gasteiger partial charge in [0.25, 0.3) is 0 Å². The lowest BCUT2D eigenvalue weighted by atomic mass is 9.82. The van der Waals surface area contributed by atoms with Gasteiger partial charge in [0.05, 0.1) is 31.7 Å². The molecular formula is C21H19FN2O3. The van der Waals surface area contributed by atoms with Crippen LogP contribution in [0.25, 0.3) is 5.69 Å². The van der Waals surface area contributed by atoms with E-state index < -0.39 is 0 Å². The van der Waals surface area contributed by atoms with E-state index in [1.807, 2.05) is 18.2 Å². The van der Waals surface area contributed by atoms with Crippen molar-refractivity contribution in [2.45, 2.75) is 18.8 Å². The van der Waals surface area contributed by atoms with Crippen LogP contribution in [-0.2, 0) is 6.42 Å². The molecule has 0 fully saturated rings. The van der Waals surface area contributed by atoms with Crippen molar-refractivity contribution in [1.82, 2.24) is 9.78 Å². The Kier molecular flexibility index (Phi) is 4.39. The molecule has 1 atom stereocenters. The molecule has 0 spiro atoms. The number of Topliss-reactive ketones (excluding diaryl/α,β-unsaturated/α-hetero) is 1. The molecule has 6 heteroatoms. The lowest BCUT2D eigenvalue weighted by Gasteiger charge is -2.23. The smallest absolute Gasteiger partial charge is 0.166 e. The third-order valence-electron chi connectivity index (χ3n) is 5.00. The number of para-hydroxylation sites is 1. The molecule has 1 aliphatic rings. The van der Waals surface area contributed by atoms with E-state index in [4.69, 9.17) is 9.47 Å². The highest BCUT2D eigenvalue weighted by atomic mass is 19.1. The lowest BCUT2D eigenvalue weighted by molar-refractivity contribution is 0.0963. The monoisotopic (exact) mass is 366 g/mol. The van der Waals surface area contributed by atoms with Crippen molar-refractivity contribution >= 4 is 5.78 Å².